The molecule has 9 heteroatoms. The molecule has 48 heavy (non-hydrogen) atoms. The standard InChI is InChI=1S/C39H47N5O3S/c1-25-22-43(23-25)39(46)47-32-14-12-29(13-15-32)38(45)44(31-5-3-4-30(20-31)36-21-40-37(48-36)28-10-11-28)24-26-6-8-27(9-7-26)33-16-17-35-34(41-33)18-19-42(35)2/h3-5,16-21,25-29,32H,6-15,22-24H2,1-2H3. The van der Waals surface area contributed by atoms with Crippen LogP contribution in [0.25, 0.3) is 21.5 Å². The fourth-order valence-corrected chi connectivity index (χ4v) is 9.18. The number of pyridine rings is 1. The molecule has 0 atom stereocenters. The number of amides is 2. The summed E-state index contributed by atoms with van der Waals surface area (Å²) in [4.78, 5) is 41.8. The Morgan fingerprint density at radius 2 is 1.71 bits per heavy atom. The van der Waals surface area contributed by atoms with Gasteiger partial charge in [0.15, 0.2) is 0 Å². The van der Waals surface area contributed by atoms with Crippen LogP contribution in [-0.4, -0.2) is 57.2 Å². The second-order valence-corrected chi connectivity index (χ2v) is 16.1. The van der Waals surface area contributed by atoms with Crippen molar-refractivity contribution in [1.29, 1.82) is 0 Å². The number of likely N-dealkylation sites (tertiary alicyclic amines) is 1. The molecule has 1 aromatic carbocycles. The minimum absolute atomic E-state index is 0.0596. The van der Waals surface area contributed by atoms with E-state index in [2.05, 4.69) is 72.1 Å². The van der Waals surface area contributed by atoms with Crippen LogP contribution in [-0.2, 0) is 16.6 Å². The van der Waals surface area contributed by atoms with Crippen LogP contribution in [0.4, 0.5) is 10.5 Å². The SMILES string of the molecule is CC1CN(C(=O)OC2CCC(C(=O)N(CC3CCC(c4ccc5c(ccn5C)n4)CC3)c3cccc(-c4cnc(C5CC5)s4)c3)CC2)C1. The van der Waals surface area contributed by atoms with Crippen molar-refractivity contribution in [3.8, 4) is 10.4 Å². The predicted molar refractivity (Wildman–Crippen MR) is 190 cm³/mol. The highest BCUT2D eigenvalue weighted by atomic mass is 32.1. The van der Waals surface area contributed by atoms with E-state index in [9.17, 15) is 9.59 Å². The Kier molecular flexibility index (Phi) is 8.74. The first kappa shape index (κ1) is 31.5. The van der Waals surface area contributed by atoms with Gasteiger partial charge >= 0.3 is 6.09 Å². The van der Waals surface area contributed by atoms with Crippen molar-refractivity contribution in [3.63, 3.8) is 0 Å². The molecule has 2 amide bonds. The number of fused-ring (bicyclic) bond motifs is 1. The van der Waals surface area contributed by atoms with Gasteiger partial charge in [-0.3, -0.25) is 9.78 Å². The van der Waals surface area contributed by atoms with Crippen molar-refractivity contribution in [1.82, 2.24) is 19.4 Å². The molecule has 4 fully saturated rings. The number of carbonyl (C=O) groups is 2. The van der Waals surface area contributed by atoms with Gasteiger partial charge in [0, 0.05) is 68.2 Å². The molecular formula is C39H47N5O3S. The molecule has 8 nitrogen and oxygen atoms in total. The molecule has 4 aromatic rings. The summed E-state index contributed by atoms with van der Waals surface area (Å²) in [5.74, 6) is 2.24. The fraction of sp³-hybridized carbons (Fsp3) is 0.538. The third-order valence-corrected chi connectivity index (χ3v) is 12.4. The molecule has 4 heterocycles. The van der Waals surface area contributed by atoms with Gasteiger partial charge in [-0.15, -0.1) is 11.3 Å². The number of hydrogen-bond donors (Lipinski definition) is 0. The quantitative estimate of drug-likeness (QED) is 0.189. The van der Waals surface area contributed by atoms with Crippen LogP contribution in [0.1, 0.15) is 93.7 Å². The van der Waals surface area contributed by atoms with Gasteiger partial charge in [0.1, 0.15) is 6.10 Å². The Morgan fingerprint density at radius 3 is 2.46 bits per heavy atom. The number of anilines is 1. The number of aromatic nitrogens is 3. The topological polar surface area (TPSA) is 80.6 Å². The summed E-state index contributed by atoms with van der Waals surface area (Å²) in [7, 11) is 2.07. The maximum atomic E-state index is 14.5. The van der Waals surface area contributed by atoms with Crippen LogP contribution in [0, 0.1) is 17.8 Å². The highest BCUT2D eigenvalue weighted by Gasteiger charge is 2.36. The molecule has 0 N–H and O–H groups in total. The highest BCUT2D eigenvalue weighted by molar-refractivity contribution is 7.15. The average Bonchev–Trinajstić information content (AvgIpc) is 3.71. The lowest BCUT2D eigenvalue weighted by atomic mass is 9.79. The maximum Gasteiger partial charge on any atom is 0.410 e. The van der Waals surface area contributed by atoms with Crippen LogP contribution >= 0.6 is 11.3 Å². The zero-order valence-corrected chi connectivity index (χ0v) is 29.0. The summed E-state index contributed by atoms with van der Waals surface area (Å²) in [5, 5.41) is 1.24. The van der Waals surface area contributed by atoms with Crippen LogP contribution in [0.3, 0.4) is 0 Å². The molecule has 3 saturated carbocycles. The summed E-state index contributed by atoms with van der Waals surface area (Å²) in [5.41, 5.74) is 5.56. The lowest BCUT2D eigenvalue weighted by Gasteiger charge is -2.38. The van der Waals surface area contributed by atoms with Crippen molar-refractivity contribution in [2.24, 2.45) is 24.8 Å². The van der Waals surface area contributed by atoms with E-state index >= 15 is 0 Å². The number of ether oxygens (including phenoxy) is 1. The lowest BCUT2D eigenvalue weighted by Crippen LogP contribution is -2.50. The van der Waals surface area contributed by atoms with Crippen LogP contribution in [0.5, 0.6) is 0 Å². The van der Waals surface area contributed by atoms with E-state index in [0.717, 1.165) is 87.8 Å². The van der Waals surface area contributed by atoms with Gasteiger partial charge in [0.05, 0.1) is 20.9 Å². The minimum atomic E-state index is -0.191. The fourth-order valence-electron chi connectivity index (χ4n) is 8.10. The van der Waals surface area contributed by atoms with Gasteiger partial charge in [-0.25, -0.2) is 9.78 Å². The average molecular weight is 666 g/mol. The molecule has 0 unspecified atom stereocenters. The summed E-state index contributed by atoms with van der Waals surface area (Å²) >= 11 is 1.80. The van der Waals surface area contributed by atoms with Gasteiger partial charge < -0.3 is 19.1 Å². The molecule has 0 bridgehead atoms. The molecule has 1 aliphatic heterocycles. The Balaban J connectivity index is 0.962. The molecule has 8 rings (SSSR count). The largest absolute Gasteiger partial charge is 0.446 e. The number of aryl methyl sites for hydroxylation is 1. The summed E-state index contributed by atoms with van der Waals surface area (Å²) in [6.07, 6.45) is 13.6. The third kappa shape index (κ3) is 6.63. The Bertz CT molecular complexity index is 1770. The van der Waals surface area contributed by atoms with Crippen molar-refractivity contribution < 1.29 is 14.3 Å². The number of benzene rings is 1. The summed E-state index contributed by atoms with van der Waals surface area (Å²) < 4.78 is 7.97. The first-order valence-electron chi connectivity index (χ1n) is 18.1. The molecule has 4 aliphatic rings. The number of carbonyl (C=O) groups excluding carboxylic acids is 2. The molecule has 3 aliphatic carbocycles. The Morgan fingerprint density at radius 1 is 0.938 bits per heavy atom. The summed E-state index contributed by atoms with van der Waals surface area (Å²) in [6.45, 7) is 4.45. The molecule has 3 aromatic heterocycles. The van der Waals surface area contributed by atoms with E-state index in [1.807, 2.05) is 6.20 Å². The van der Waals surface area contributed by atoms with Crippen LogP contribution < -0.4 is 4.90 Å². The van der Waals surface area contributed by atoms with E-state index in [-0.39, 0.29) is 24.0 Å². The van der Waals surface area contributed by atoms with E-state index in [4.69, 9.17) is 14.7 Å². The molecule has 1 saturated heterocycles. The predicted octanol–water partition coefficient (Wildman–Crippen LogP) is 8.53. The molecular weight excluding hydrogens is 619 g/mol. The number of thiazole rings is 1. The first-order valence-corrected chi connectivity index (χ1v) is 18.9. The van der Waals surface area contributed by atoms with Gasteiger partial charge in [-0.05, 0) is 112 Å². The van der Waals surface area contributed by atoms with Crippen LogP contribution in [0.15, 0.2) is 54.9 Å². The van der Waals surface area contributed by atoms with Gasteiger partial charge in [-0.2, -0.15) is 0 Å². The zero-order valence-electron chi connectivity index (χ0n) is 28.2. The van der Waals surface area contributed by atoms with E-state index in [0.29, 0.717) is 23.7 Å². The molecule has 0 radical (unpaired) electrons. The second kappa shape index (κ2) is 13.3. The highest BCUT2D eigenvalue weighted by Crippen LogP contribution is 2.44. The minimum Gasteiger partial charge on any atom is -0.446 e. The van der Waals surface area contributed by atoms with Crippen molar-refractivity contribution in [2.75, 3.05) is 24.5 Å². The van der Waals surface area contributed by atoms with Crippen molar-refractivity contribution in [2.45, 2.75) is 89.1 Å². The van der Waals surface area contributed by atoms with Crippen molar-refractivity contribution >= 4 is 40.1 Å². The smallest absolute Gasteiger partial charge is 0.410 e. The Hall–Kier alpha value is -3.72. The second-order valence-electron chi connectivity index (χ2n) is 15.0. The normalized spacial score (nSPS) is 24.8. The van der Waals surface area contributed by atoms with Crippen LogP contribution in [0.2, 0.25) is 0 Å². The number of nitrogens with zero attached hydrogens (tertiary/aromatic N) is 5. The maximum absolute atomic E-state index is 14.5. The number of hydrogen-bond acceptors (Lipinski definition) is 6. The van der Waals surface area contributed by atoms with Gasteiger partial charge in [-0.1, -0.05) is 19.1 Å². The Labute approximate surface area is 287 Å². The van der Waals surface area contributed by atoms with E-state index in [1.165, 1.54) is 33.9 Å². The third-order valence-electron chi connectivity index (χ3n) is 11.2. The molecule has 0 spiro atoms. The summed E-state index contributed by atoms with van der Waals surface area (Å²) in [6, 6.07) is 15.1. The van der Waals surface area contributed by atoms with Gasteiger partial charge in [0.2, 0.25) is 5.91 Å². The first-order chi connectivity index (χ1) is 23.4. The zero-order chi connectivity index (χ0) is 32.8. The lowest BCUT2D eigenvalue weighted by molar-refractivity contribution is -0.124. The van der Waals surface area contributed by atoms with E-state index < -0.39 is 0 Å². The van der Waals surface area contributed by atoms with Gasteiger partial charge in [0.25, 0.3) is 0 Å². The number of rotatable bonds is 8. The monoisotopic (exact) mass is 665 g/mol. The van der Waals surface area contributed by atoms with Crippen molar-refractivity contribution in [3.05, 3.63) is 65.6 Å². The van der Waals surface area contributed by atoms with E-state index in [1.54, 1.807) is 16.2 Å². The molecule has 252 valence electrons.